The van der Waals surface area contributed by atoms with Crippen LogP contribution in [0, 0.1) is 0 Å². The van der Waals surface area contributed by atoms with Crippen LogP contribution in [-0.4, -0.2) is 33.5 Å². The number of aromatic nitrogens is 2. The van der Waals surface area contributed by atoms with Gasteiger partial charge in [0.1, 0.15) is 0 Å². The number of fused-ring (bicyclic) bond motifs is 1. The SMILES string of the molecule is O=C(O)c1ccc(-n2c(=O)[nH]c3cc(COC4CCCCO4)ccc32)cc1. The lowest BCUT2D eigenvalue weighted by Gasteiger charge is -2.22. The molecule has 7 nitrogen and oxygen atoms in total. The van der Waals surface area contributed by atoms with Gasteiger partial charge in [0.15, 0.2) is 6.29 Å². The van der Waals surface area contributed by atoms with Crippen molar-refractivity contribution in [3.63, 3.8) is 0 Å². The van der Waals surface area contributed by atoms with E-state index < -0.39 is 5.97 Å². The van der Waals surface area contributed by atoms with E-state index in [9.17, 15) is 9.59 Å². The quantitative estimate of drug-likeness (QED) is 0.722. The molecule has 2 heterocycles. The first-order chi connectivity index (χ1) is 13.1. The monoisotopic (exact) mass is 368 g/mol. The smallest absolute Gasteiger partial charge is 0.335 e. The topological polar surface area (TPSA) is 93.6 Å². The second-order valence-corrected chi connectivity index (χ2v) is 6.58. The number of nitrogens with zero attached hydrogens (tertiary/aromatic N) is 1. The van der Waals surface area contributed by atoms with E-state index in [1.807, 2.05) is 18.2 Å². The van der Waals surface area contributed by atoms with Crippen LogP contribution < -0.4 is 5.69 Å². The fourth-order valence-electron chi connectivity index (χ4n) is 3.29. The molecule has 1 atom stereocenters. The fourth-order valence-corrected chi connectivity index (χ4v) is 3.29. The van der Waals surface area contributed by atoms with E-state index in [0.29, 0.717) is 17.8 Å². The summed E-state index contributed by atoms with van der Waals surface area (Å²) in [5.41, 5.74) is 2.88. The number of benzene rings is 2. The number of carboxylic acids is 1. The van der Waals surface area contributed by atoms with Gasteiger partial charge in [-0.1, -0.05) is 6.07 Å². The fraction of sp³-hybridized carbons (Fsp3) is 0.300. The first kappa shape index (κ1) is 17.5. The maximum Gasteiger partial charge on any atom is 0.335 e. The molecule has 1 aromatic heterocycles. The van der Waals surface area contributed by atoms with E-state index in [1.54, 1.807) is 12.1 Å². The molecule has 0 bridgehead atoms. The summed E-state index contributed by atoms with van der Waals surface area (Å²) in [4.78, 5) is 26.3. The Bertz CT molecular complexity index is 1010. The zero-order valence-electron chi connectivity index (χ0n) is 14.7. The third kappa shape index (κ3) is 3.65. The molecule has 2 N–H and O–H groups in total. The van der Waals surface area contributed by atoms with Crippen LogP contribution in [0.25, 0.3) is 16.7 Å². The molecule has 2 aromatic carbocycles. The molecule has 0 radical (unpaired) electrons. The van der Waals surface area contributed by atoms with Gasteiger partial charge in [0.05, 0.1) is 28.9 Å². The number of ether oxygens (including phenoxy) is 2. The summed E-state index contributed by atoms with van der Waals surface area (Å²) in [6.07, 6.45) is 2.93. The molecule has 1 aliphatic heterocycles. The van der Waals surface area contributed by atoms with Gasteiger partial charge in [-0.2, -0.15) is 0 Å². The molecule has 1 aliphatic rings. The van der Waals surface area contributed by atoms with Crippen molar-refractivity contribution in [3.05, 3.63) is 64.1 Å². The molecule has 0 aliphatic carbocycles. The van der Waals surface area contributed by atoms with Crippen LogP contribution >= 0.6 is 0 Å². The van der Waals surface area contributed by atoms with Crippen LogP contribution in [0.4, 0.5) is 0 Å². The zero-order chi connectivity index (χ0) is 18.8. The minimum Gasteiger partial charge on any atom is -0.478 e. The summed E-state index contributed by atoms with van der Waals surface area (Å²) in [5, 5.41) is 9.01. The Kier molecular flexibility index (Phi) is 4.79. The van der Waals surface area contributed by atoms with Crippen molar-refractivity contribution >= 4 is 17.0 Å². The molecule has 0 amide bonds. The van der Waals surface area contributed by atoms with Crippen molar-refractivity contribution in [2.24, 2.45) is 0 Å². The van der Waals surface area contributed by atoms with E-state index in [2.05, 4.69) is 4.98 Å². The minimum atomic E-state index is -1.00. The second-order valence-electron chi connectivity index (χ2n) is 6.58. The number of H-pyrrole nitrogens is 1. The summed E-state index contributed by atoms with van der Waals surface area (Å²) in [5.74, 6) is -1.00. The lowest BCUT2D eigenvalue weighted by atomic mass is 10.2. The van der Waals surface area contributed by atoms with Crippen molar-refractivity contribution in [2.75, 3.05) is 6.61 Å². The third-order valence-corrected chi connectivity index (χ3v) is 4.69. The van der Waals surface area contributed by atoms with Gasteiger partial charge >= 0.3 is 11.7 Å². The van der Waals surface area contributed by atoms with E-state index >= 15 is 0 Å². The van der Waals surface area contributed by atoms with Gasteiger partial charge < -0.3 is 19.6 Å². The molecule has 140 valence electrons. The van der Waals surface area contributed by atoms with Gasteiger partial charge in [-0.25, -0.2) is 9.59 Å². The van der Waals surface area contributed by atoms with Crippen molar-refractivity contribution in [2.45, 2.75) is 32.2 Å². The average Bonchev–Trinajstić information content (AvgIpc) is 3.02. The van der Waals surface area contributed by atoms with Crippen molar-refractivity contribution in [1.29, 1.82) is 0 Å². The highest BCUT2D eigenvalue weighted by Gasteiger charge is 2.15. The highest BCUT2D eigenvalue weighted by molar-refractivity contribution is 5.88. The summed E-state index contributed by atoms with van der Waals surface area (Å²) >= 11 is 0. The number of carboxylic acid groups (broad SMARTS) is 1. The van der Waals surface area contributed by atoms with Crippen LogP contribution in [0.5, 0.6) is 0 Å². The first-order valence-corrected chi connectivity index (χ1v) is 8.92. The molecular formula is C20H20N2O5. The Labute approximate surface area is 155 Å². The van der Waals surface area contributed by atoms with E-state index in [4.69, 9.17) is 14.6 Å². The van der Waals surface area contributed by atoms with Gasteiger partial charge in [0.2, 0.25) is 0 Å². The molecule has 0 spiro atoms. The largest absolute Gasteiger partial charge is 0.478 e. The predicted octanol–water partition coefficient (Wildman–Crippen LogP) is 3.06. The van der Waals surface area contributed by atoms with E-state index in [0.717, 1.165) is 36.9 Å². The predicted molar refractivity (Wildman–Crippen MR) is 99.2 cm³/mol. The molecule has 4 rings (SSSR count). The lowest BCUT2D eigenvalue weighted by Crippen LogP contribution is -2.21. The standard InChI is InChI=1S/C20H20N2O5/c23-19(24)14-5-7-15(8-6-14)22-17-9-4-13(11-16(17)21-20(22)25)12-27-18-3-1-2-10-26-18/h4-9,11,18H,1-3,10,12H2,(H,21,25)(H,23,24). The highest BCUT2D eigenvalue weighted by atomic mass is 16.7. The molecule has 3 aromatic rings. The molecular weight excluding hydrogens is 348 g/mol. The summed E-state index contributed by atoms with van der Waals surface area (Å²) in [6, 6.07) is 11.9. The lowest BCUT2D eigenvalue weighted by molar-refractivity contribution is -0.168. The number of hydrogen-bond acceptors (Lipinski definition) is 4. The maximum absolute atomic E-state index is 12.4. The van der Waals surface area contributed by atoms with Crippen molar-refractivity contribution in [3.8, 4) is 5.69 Å². The van der Waals surface area contributed by atoms with Gasteiger partial charge in [-0.15, -0.1) is 0 Å². The van der Waals surface area contributed by atoms with E-state index in [-0.39, 0.29) is 17.5 Å². The Balaban J connectivity index is 1.58. The van der Waals surface area contributed by atoms with Crippen molar-refractivity contribution in [1.82, 2.24) is 9.55 Å². The number of rotatable bonds is 5. The highest BCUT2D eigenvalue weighted by Crippen LogP contribution is 2.20. The number of hydrogen-bond donors (Lipinski definition) is 2. The zero-order valence-corrected chi connectivity index (χ0v) is 14.7. The Morgan fingerprint density at radius 2 is 2.04 bits per heavy atom. The minimum absolute atomic E-state index is 0.161. The Morgan fingerprint density at radius 3 is 2.74 bits per heavy atom. The van der Waals surface area contributed by atoms with Crippen LogP contribution in [0.3, 0.4) is 0 Å². The van der Waals surface area contributed by atoms with Crippen molar-refractivity contribution < 1.29 is 19.4 Å². The third-order valence-electron chi connectivity index (χ3n) is 4.69. The van der Waals surface area contributed by atoms with Crippen LogP contribution in [0.15, 0.2) is 47.3 Å². The van der Waals surface area contributed by atoms with E-state index in [1.165, 1.54) is 16.7 Å². The average molecular weight is 368 g/mol. The maximum atomic E-state index is 12.4. The summed E-state index contributed by atoms with van der Waals surface area (Å²) in [7, 11) is 0. The Morgan fingerprint density at radius 1 is 1.22 bits per heavy atom. The molecule has 27 heavy (non-hydrogen) atoms. The van der Waals surface area contributed by atoms with Crippen LogP contribution in [-0.2, 0) is 16.1 Å². The molecule has 1 fully saturated rings. The molecule has 7 heteroatoms. The Hall–Kier alpha value is -2.90. The van der Waals surface area contributed by atoms with Crippen LogP contribution in [0.2, 0.25) is 0 Å². The molecule has 1 saturated heterocycles. The van der Waals surface area contributed by atoms with Gasteiger partial charge in [-0.05, 0) is 61.2 Å². The number of aromatic carboxylic acids is 1. The summed E-state index contributed by atoms with van der Waals surface area (Å²) < 4.78 is 12.9. The van der Waals surface area contributed by atoms with Gasteiger partial charge in [-0.3, -0.25) is 4.57 Å². The molecule has 0 saturated carbocycles. The number of aromatic amines is 1. The number of carbonyl (C=O) groups is 1. The molecule has 1 unspecified atom stereocenters. The number of imidazole rings is 1. The van der Waals surface area contributed by atoms with Gasteiger partial charge in [0, 0.05) is 6.61 Å². The second kappa shape index (κ2) is 7.38. The summed E-state index contributed by atoms with van der Waals surface area (Å²) in [6.45, 7) is 1.15. The normalized spacial score (nSPS) is 17.3. The number of nitrogens with one attached hydrogen (secondary N) is 1. The first-order valence-electron chi connectivity index (χ1n) is 8.92. The van der Waals surface area contributed by atoms with Gasteiger partial charge in [0.25, 0.3) is 0 Å². The van der Waals surface area contributed by atoms with Crippen LogP contribution in [0.1, 0.15) is 35.2 Å².